The van der Waals surface area contributed by atoms with E-state index in [-0.39, 0.29) is 64.4 Å². The van der Waals surface area contributed by atoms with Crippen LogP contribution < -0.4 is 36.9 Å². The number of hydrogen-bond acceptors (Lipinski definition) is 15. The molecular formula is C57H68F6N14O8. The Balaban J connectivity index is 0.000000206. The number of ether oxygens (including phenoxy) is 3. The first-order valence-corrected chi connectivity index (χ1v) is 28.2. The second-order valence-corrected chi connectivity index (χ2v) is 21.8. The minimum atomic E-state index is -4.51. The van der Waals surface area contributed by atoms with E-state index in [1.54, 1.807) is 34.8 Å². The number of carbonyl (C=O) groups excluding carboxylic acids is 3. The minimum absolute atomic E-state index is 0.127. The molecule has 2 aromatic carbocycles. The van der Waals surface area contributed by atoms with Gasteiger partial charge in [0.15, 0.2) is 11.5 Å². The molecule has 3 N–H and O–H groups in total. The van der Waals surface area contributed by atoms with Crippen LogP contribution >= 0.6 is 0 Å². The Kier molecular flexibility index (Phi) is 18.0. The van der Waals surface area contributed by atoms with Crippen LogP contribution in [-0.2, 0) is 62.1 Å². The Bertz CT molecular complexity index is 3690. The Morgan fingerprint density at radius 1 is 0.635 bits per heavy atom. The van der Waals surface area contributed by atoms with Crippen molar-refractivity contribution in [1.29, 1.82) is 0 Å². The summed E-state index contributed by atoms with van der Waals surface area (Å²) in [6.45, 7) is 16.5. The van der Waals surface area contributed by atoms with Crippen molar-refractivity contribution >= 4 is 63.7 Å². The number of amides is 3. The second kappa shape index (κ2) is 25.0. The number of rotatable bonds is 12. The van der Waals surface area contributed by atoms with Crippen LogP contribution in [0.5, 0.6) is 0 Å². The van der Waals surface area contributed by atoms with Gasteiger partial charge in [-0.15, -0.1) is 10.2 Å². The number of carbonyl (C=O) groups is 3. The summed E-state index contributed by atoms with van der Waals surface area (Å²) in [5.74, 6) is 0.724. The molecule has 4 aromatic heterocycles. The fourth-order valence-corrected chi connectivity index (χ4v) is 10.4. The molecular weight excluding hydrogens is 1120 g/mol. The molecule has 2 fully saturated rings. The molecule has 28 heteroatoms. The van der Waals surface area contributed by atoms with Crippen LogP contribution in [0.3, 0.4) is 0 Å². The number of nitrogens with zero attached hydrogens (tertiary/aromatic N) is 11. The summed E-state index contributed by atoms with van der Waals surface area (Å²) >= 11 is 0. The topological polar surface area (TPSA) is 229 Å². The number of allylic oxidation sites excluding steroid dienone is 2. The highest BCUT2D eigenvalue weighted by molar-refractivity contribution is 5.92. The fraction of sp³-hybridized carbons (Fsp3) is 0.491. The van der Waals surface area contributed by atoms with Gasteiger partial charge >= 0.3 is 18.4 Å². The Morgan fingerprint density at radius 2 is 1.06 bits per heavy atom. The molecule has 0 atom stereocenters. The molecule has 10 rings (SSSR count). The Hall–Kier alpha value is -8.43. The van der Waals surface area contributed by atoms with E-state index in [4.69, 9.17) is 14.2 Å². The molecule has 6 aromatic rings. The van der Waals surface area contributed by atoms with Gasteiger partial charge in [0.25, 0.3) is 11.1 Å². The molecule has 0 unspecified atom stereocenters. The number of aromatic nitrogens is 8. The Labute approximate surface area is 484 Å². The van der Waals surface area contributed by atoms with Crippen LogP contribution in [0.15, 0.2) is 58.1 Å². The number of halogens is 6. The lowest BCUT2D eigenvalue weighted by atomic mass is 10.1. The van der Waals surface area contributed by atoms with Gasteiger partial charge in [0.2, 0.25) is 35.0 Å². The van der Waals surface area contributed by atoms with Gasteiger partial charge in [-0.3, -0.25) is 19.2 Å². The van der Waals surface area contributed by atoms with Crippen LogP contribution in [0.2, 0.25) is 0 Å². The summed E-state index contributed by atoms with van der Waals surface area (Å²) in [5.41, 5.74) is -0.0255. The zero-order valence-electron chi connectivity index (χ0n) is 48.3. The zero-order valence-corrected chi connectivity index (χ0v) is 48.3. The number of alkyl halides is 6. The van der Waals surface area contributed by atoms with Crippen molar-refractivity contribution in [3.63, 3.8) is 0 Å². The fourth-order valence-electron chi connectivity index (χ4n) is 10.4. The highest BCUT2D eigenvalue weighted by atomic mass is 19.4. The molecule has 0 bridgehead atoms. The summed E-state index contributed by atoms with van der Waals surface area (Å²) < 4.78 is 101. The molecule has 0 aliphatic carbocycles. The highest BCUT2D eigenvalue weighted by Gasteiger charge is 2.34. The highest BCUT2D eigenvalue weighted by Crippen LogP contribution is 2.34. The third kappa shape index (κ3) is 13.7. The number of piperazine rings is 2. The third-order valence-corrected chi connectivity index (χ3v) is 14.6. The predicted molar refractivity (Wildman–Crippen MR) is 304 cm³/mol. The molecule has 2 saturated heterocycles. The van der Waals surface area contributed by atoms with E-state index in [0.29, 0.717) is 113 Å². The molecule has 0 spiro atoms. The number of aryl methyl sites for hydroxylation is 2. The van der Waals surface area contributed by atoms with Crippen molar-refractivity contribution < 1.29 is 54.9 Å². The van der Waals surface area contributed by atoms with E-state index in [1.165, 1.54) is 30.5 Å². The molecule has 0 saturated carbocycles. The van der Waals surface area contributed by atoms with Crippen LogP contribution in [0.1, 0.15) is 106 Å². The van der Waals surface area contributed by atoms with E-state index in [0.717, 1.165) is 54.5 Å². The van der Waals surface area contributed by atoms with Gasteiger partial charge in [0.05, 0.1) is 35.7 Å². The van der Waals surface area contributed by atoms with Gasteiger partial charge in [-0.05, 0) is 133 Å². The number of anilines is 4. The number of fused-ring (bicyclic) bond motifs is 2. The van der Waals surface area contributed by atoms with E-state index in [1.807, 2.05) is 35.8 Å². The van der Waals surface area contributed by atoms with Gasteiger partial charge in [-0.25, -0.2) is 4.79 Å². The molecule has 8 heterocycles. The molecule has 0 radical (unpaired) electrons. The normalized spacial score (nSPS) is 16.0. The molecule has 3 amide bonds. The number of nitrogens with one attached hydrogen (secondary N) is 3. The van der Waals surface area contributed by atoms with E-state index in [2.05, 4.69) is 36.1 Å². The van der Waals surface area contributed by atoms with Crippen molar-refractivity contribution in [2.24, 2.45) is 0 Å². The quantitative estimate of drug-likeness (QED) is 0.100. The summed E-state index contributed by atoms with van der Waals surface area (Å²) in [4.78, 5) is 81.8. The lowest BCUT2D eigenvalue weighted by Crippen LogP contribution is -2.51. The Morgan fingerprint density at radius 3 is 1.42 bits per heavy atom. The standard InChI is InChI=1S/C31H38F3N7O5.C26H30F3N7O3/c1-6-22-25(38-12-14-39(15-13-38)29(44)46-30(3,4)5)27(43)41-28(36-26(37-41)23-9-7-8-16-45-23)40(22)18-24(42)35-21-11-10-20(17-19(21)2)31(32,33)34;1-3-19-22(34-11-9-30-10-12-34)24(38)36-25(32-23(33-36)20-6-4-5-13-39-20)35(19)15-21(37)31-18-8-7-17(14-16(18)2)26(27,28)29/h9-11,17H,6-8,12-16,18H2,1-5H3,(H,35,42);6-8,14,30H,3-5,9-13,15H2,1-2H3,(H,31,37). The maximum Gasteiger partial charge on any atom is 0.416 e. The molecule has 4 aliphatic heterocycles. The van der Waals surface area contributed by atoms with Gasteiger partial charge in [0, 0.05) is 63.7 Å². The summed E-state index contributed by atoms with van der Waals surface area (Å²) in [6.07, 6.45) is -1.62. The molecule has 4 aliphatic rings. The van der Waals surface area contributed by atoms with Crippen LogP contribution in [0, 0.1) is 13.8 Å². The van der Waals surface area contributed by atoms with Gasteiger partial charge in [-0.1, -0.05) is 13.8 Å². The maximum absolute atomic E-state index is 14.0. The first-order valence-electron chi connectivity index (χ1n) is 28.2. The van der Waals surface area contributed by atoms with Crippen LogP contribution in [0.4, 0.5) is 53.9 Å². The van der Waals surface area contributed by atoms with E-state index in [9.17, 15) is 50.3 Å². The first kappa shape index (κ1) is 61.1. The number of benzene rings is 2. The van der Waals surface area contributed by atoms with Crippen molar-refractivity contribution in [2.75, 3.05) is 86.0 Å². The van der Waals surface area contributed by atoms with Gasteiger partial charge < -0.3 is 54.0 Å². The largest absolute Gasteiger partial charge is 0.490 e. The van der Waals surface area contributed by atoms with Gasteiger partial charge in [-0.2, -0.15) is 45.3 Å². The average Bonchev–Trinajstić information content (AvgIpc) is 1.83. The first-order chi connectivity index (χ1) is 40.3. The van der Waals surface area contributed by atoms with Crippen molar-refractivity contribution in [3.8, 4) is 0 Å². The van der Waals surface area contributed by atoms with E-state index < -0.39 is 52.5 Å². The third-order valence-electron chi connectivity index (χ3n) is 14.6. The smallest absolute Gasteiger partial charge is 0.416 e. The van der Waals surface area contributed by atoms with Gasteiger partial charge in [0.1, 0.15) is 30.1 Å². The average molecular weight is 1190 g/mol. The maximum atomic E-state index is 14.0. The van der Waals surface area contributed by atoms with Crippen LogP contribution in [-0.4, -0.2) is 132 Å². The minimum Gasteiger partial charge on any atom is -0.490 e. The van der Waals surface area contributed by atoms with Crippen molar-refractivity contribution in [1.82, 2.24) is 48.5 Å². The summed E-state index contributed by atoms with van der Waals surface area (Å²) in [5, 5.41) is 17.6. The summed E-state index contributed by atoms with van der Waals surface area (Å²) in [6, 6.07) is 6.28. The lowest BCUT2D eigenvalue weighted by Gasteiger charge is -2.37. The SMILES string of the molecule is CCc1c(N2CCN(C(=O)OC(C)(C)C)CC2)c(=O)n2nc(C3=CCCCO3)nc2n1CC(=O)Nc1ccc(C(F)(F)F)cc1C.CCc1c(N2CCNCC2)c(=O)n2nc(C3=CCCCO3)nc2n1CC(=O)Nc1ccc(C(F)(F)F)cc1C. The van der Waals surface area contributed by atoms with E-state index >= 15 is 0 Å². The zero-order chi connectivity index (χ0) is 61.1. The lowest BCUT2D eigenvalue weighted by molar-refractivity contribution is -0.138. The van der Waals surface area contributed by atoms with Crippen molar-refractivity contribution in [3.05, 3.63) is 115 Å². The van der Waals surface area contributed by atoms with Crippen molar-refractivity contribution in [2.45, 2.75) is 118 Å². The molecule has 456 valence electrons. The molecule has 22 nitrogen and oxygen atoms in total. The summed E-state index contributed by atoms with van der Waals surface area (Å²) in [7, 11) is 0. The predicted octanol–water partition coefficient (Wildman–Crippen LogP) is 7.61. The number of hydrogen-bond donors (Lipinski definition) is 3. The van der Waals surface area contributed by atoms with Crippen LogP contribution in [0.25, 0.3) is 23.1 Å². The molecule has 85 heavy (non-hydrogen) atoms. The monoisotopic (exact) mass is 1190 g/mol. The second-order valence-electron chi connectivity index (χ2n) is 21.8.